The molecule has 0 amide bonds. The maximum Gasteiger partial charge on any atom is 0.161 e. The molecule has 0 unspecified atom stereocenters. The van der Waals surface area contributed by atoms with Crippen LogP contribution in [0.5, 0.6) is 0 Å². The molecule has 1 aromatic carbocycles. The van der Waals surface area contributed by atoms with Gasteiger partial charge in [-0.15, -0.1) is 0 Å². The lowest BCUT2D eigenvalue weighted by Gasteiger charge is -2.06. The minimum absolute atomic E-state index is 0.504. The Morgan fingerprint density at radius 3 is 2.50 bits per heavy atom. The minimum Gasteiger partial charge on any atom is -0.384 e. The van der Waals surface area contributed by atoms with Gasteiger partial charge in [-0.1, -0.05) is 15.9 Å². The van der Waals surface area contributed by atoms with Gasteiger partial charge in [0, 0.05) is 21.8 Å². The van der Waals surface area contributed by atoms with Crippen LogP contribution in [-0.2, 0) is 0 Å². The van der Waals surface area contributed by atoms with Gasteiger partial charge in [-0.05, 0) is 37.6 Å². The molecule has 2 aromatic rings. The molecule has 16 heavy (non-hydrogen) atoms. The summed E-state index contributed by atoms with van der Waals surface area (Å²) in [6.45, 7) is 3.94. The van der Waals surface area contributed by atoms with Gasteiger partial charge in [0.05, 0.1) is 0 Å². The summed E-state index contributed by atoms with van der Waals surface area (Å²) < 4.78 is 1.05. The number of hydrogen-bond acceptors (Lipinski definition) is 3. The highest BCUT2D eigenvalue weighted by Gasteiger charge is 2.06. The molecule has 0 saturated carbocycles. The smallest absolute Gasteiger partial charge is 0.161 e. The third-order valence-electron chi connectivity index (χ3n) is 2.30. The van der Waals surface area contributed by atoms with Gasteiger partial charge in [-0.25, -0.2) is 9.97 Å². The van der Waals surface area contributed by atoms with Crippen molar-refractivity contribution in [3.8, 4) is 11.4 Å². The summed E-state index contributed by atoms with van der Waals surface area (Å²) in [6.07, 6.45) is 0. The fourth-order valence-corrected chi connectivity index (χ4v) is 2.07. The Bertz CT molecular complexity index is 518. The van der Waals surface area contributed by atoms with Gasteiger partial charge in [0.25, 0.3) is 0 Å². The monoisotopic (exact) mass is 277 g/mol. The Balaban J connectivity index is 2.58. The first-order valence-electron chi connectivity index (χ1n) is 4.94. The molecule has 0 radical (unpaired) electrons. The number of halogens is 1. The van der Waals surface area contributed by atoms with Crippen LogP contribution in [0.1, 0.15) is 11.3 Å². The summed E-state index contributed by atoms with van der Waals surface area (Å²) in [5.74, 6) is 1.19. The van der Waals surface area contributed by atoms with Crippen LogP contribution >= 0.6 is 15.9 Å². The van der Waals surface area contributed by atoms with E-state index in [0.717, 1.165) is 21.3 Å². The van der Waals surface area contributed by atoms with Crippen molar-refractivity contribution in [3.05, 3.63) is 40.0 Å². The van der Waals surface area contributed by atoms with Gasteiger partial charge in [0.1, 0.15) is 5.82 Å². The number of nitrogens with two attached hydrogens (primary N) is 1. The van der Waals surface area contributed by atoms with Crippen LogP contribution in [0.4, 0.5) is 5.82 Å². The van der Waals surface area contributed by atoms with Crippen molar-refractivity contribution in [2.75, 3.05) is 5.73 Å². The van der Waals surface area contributed by atoms with Gasteiger partial charge in [0.2, 0.25) is 0 Å². The Kier molecular flexibility index (Phi) is 2.92. The molecule has 0 saturated heterocycles. The maximum absolute atomic E-state index is 5.72. The third-order valence-corrected chi connectivity index (χ3v) is 2.80. The van der Waals surface area contributed by atoms with Crippen molar-refractivity contribution in [1.82, 2.24) is 9.97 Å². The second-order valence-corrected chi connectivity index (χ2v) is 4.63. The number of rotatable bonds is 1. The first kappa shape index (κ1) is 11.1. The molecular weight excluding hydrogens is 266 g/mol. The lowest BCUT2D eigenvalue weighted by molar-refractivity contribution is 1.11. The van der Waals surface area contributed by atoms with Crippen LogP contribution in [0.3, 0.4) is 0 Å². The molecule has 0 aliphatic carbocycles. The van der Waals surface area contributed by atoms with Crippen molar-refractivity contribution in [3.63, 3.8) is 0 Å². The lowest BCUT2D eigenvalue weighted by Crippen LogP contribution is -1.98. The SMILES string of the molecule is Cc1cc(N)nc(-c2ccc(Br)cc2C)n1. The predicted octanol–water partition coefficient (Wildman–Crippen LogP) is 3.11. The van der Waals surface area contributed by atoms with Crippen LogP contribution in [0.2, 0.25) is 0 Å². The summed E-state index contributed by atoms with van der Waals surface area (Å²) in [7, 11) is 0. The summed E-state index contributed by atoms with van der Waals surface area (Å²) in [6, 6.07) is 7.77. The number of aryl methyl sites for hydroxylation is 2. The van der Waals surface area contributed by atoms with E-state index in [1.807, 2.05) is 32.0 Å². The van der Waals surface area contributed by atoms with Crippen LogP contribution in [0.15, 0.2) is 28.7 Å². The molecule has 3 nitrogen and oxygen atoms in total. The van der Waals surface area contributed by atoms with Crippen molar-refractivity contribution in [1.29, 1.82) is 0 Å². The average Bonchev–Trinajstić information content (AvgIpc) is 2.15. The van der Waals surface area contributed by atoms with Gasteiger partial charge < -0.3 is 5.73 Å². The van der Waals surface area contributed by atoms with E-state index in [9.17, 15) is 0 Å². The normalized spacial score (nSPS) is 10.4. The van der Waals surface area contributed by atoms with E-state index in [2.05, 4.69) is 25.9 Å². The van der Waals surface area contributed by atoms with Crippen LogP contribution in [0, 0.1) is 13.8 Å². The average molecular weight is 278 g/mol. The highest BCUT2D eigenvalue weighted by molar-refractivity contribution is 9.10. The van der Waals surface area contributed by atoms with Crippen LogP contribution in [0.25, 0.3) is 11.4 Å². The summed E-state index contributed by atoms with van der Waals surface area (Å²) in [5, 5.41) is 0. The molecule has 0 bridgehead atoms. The van der Waals surface area contributed by atoms with Crippen LogP contribution < -0.4 is 5.73 Å². The van der Waals surface area contributed by atoms with E-state index in [-0.39, 0.29) is 0 Å². The zero-order valence-corrected chi connectivity index (χ0v) is 10.7. The Hall–Kier alpha value is -1.42. The van der Waals surface area contributed by atoms with Crippen molar-refractivity contribution in [2.24, 2.45) is 0 Å². The summed E-state index contributed by atoms with van der Waals surface area (Å²) in [4.78, 5) is 8.63. The Morgan fingerprint density at radius 2 is 1.88 bits per heavy atom. The molecule has 0 spiro atoms. The first-order chi connectivity index (χ1) is 7.56. The quantitative estimate of drug-likeness (QED) is 0.872. The molecule has 82 valence electrons. The fourth-order valence-electron chi connectivity index (χ4n) is 1.59. The molecule has 2 rings (SSSR count). The summed E-state index contributed by atoms with van der Waals surface area (Å²) >= 11 is 3.43. The van der Waals surface area contributed by atoms with Crippen molar-refractivity contribution in [2.45, 2.75) is 13.8 Å². The van der Waals surface area contributed by atoms with Gasteiger partial charge in [-0.3, -0.25) is 0 Å². The van der Waals surface area contributed by atoms with Gasteiger partial charge in [0.15, 0.2) is 5.82 Å². The molecule has 1 heterocycles. The number of aromatic nitrogens is 2. The van der Waals surface area contributed by atoms with E-state index in [4.69, 9.17) is 5.73 Å². The topological polar surface area (TPSA) is 51.8 Å². The fraction of sp³-hybridized carbons (Fsp3) is 0.167. The zero-order chi connectivity index (χ0) is 11.7. The van der Waals surface area contributed by atoms with E-state index in [1.165, 1.54) is 0 Å². The largest absolute Gasteiger partial charge is 0.384 e. The van der Waals surface area contributed by atoms with Gasteiger partial charge >= 0.3 is 0 Å². The number of nitrogen functional groups attached to an aromatic ring is 1. The maximum atomic E-state index is 5.72. The molecule has 0 aliphatic rings. The molecular formula is C12H12BrN3. The Morgan fingerprint density at radius 1 is 1.12 bits per heavy atom. The van der Waals surface area contributed by atoms with E-state index in [0.29, 0.717) is 11.6 Å². The number of anilines is 1. The number of nitrogens with zero attached hydrogens (tertiary/aromatic N) is 2. The zero-order valence-electron chi connectivity index (χ0n) is 9.16. The minimum atomic E-state index is 0.504. The first-order valence-corrected chi connectivity index (χ1v) is 5.73. The van der Waals surface area contributed by atoms with E-state index >= 15 is 0 Å². The molecule has 0 fully saturated rings. The molecule has 2 N–H and O–H groups in total. The van der Waals surface area contributed by atoms with Crippen LogP contribution in [-0.4, -0.2) is 9.97 Å². The lowest BCUT2D eigenvalue weighted by atomic mass is 10.1. The molecule has 0 atom stereocenters. The molecule has 4 heteroatoms. The highest BCUT2D eigenvalue weighted by atomic mass is 79.9. The number of hydrogen-bond donors (Lipinski definition) is 1. The van der Waals surface area contributed by atoms with Crippen molar-refractivity contribution < 1.29 is 0 Å². The second-order valence-electron chi connectivity index (χ2n) is 3.72. The summed E-state index contributed by atoms with van der Waals surface area (Å²) in [5.41, 5.74) is 8.73. The van der Waals surface area contributed by atoms with Gasteiger partial charge in [-0.2, -0.15) is 0 Å². The van der Waals surface area contributed by atoms with E-state index < -0.39 is 0 Å². The molecule has 0 aliphatic heterocycles. The highest BCUT2D eigenvalue weighted by Crippen LogP contribution is 2.24. The molecule has 1 aromatic heterocycles. The number of benzene rings is 1. The van der Waals surface area contributed by atoms with E-state index in [1.54, 1.807) is 6.07 Å². The third kappa shape index (κ3) is 2.22. The van der Waals surface area contributed by atoms with Crippen molar-refractivity contribution >= 4 is 21.7 Å². The Labute approximate surface area is 103 Å². The second kappa shape index (κ2) is 4.22. The standard InChI is InChI=1S/C12H12BrN3/c1-7-5-9(13)3-4-10(7)12-15-8(2)6-11(14)16-12/h3-6H,1-2H3,(H2,14,15,16). The predicted molar refractivity (Wildman–Crippen MR) is 69.1 cm³/mol.